The van der Waals surface area contributed by atoms with Crippen molar-refractivity contribution in [3.05, 3.63) is 35.9 Å². The molecule has 1 amide bonds. The van der Waals surface area contributed by atoms with Crippen molar-refractivity contribution in [2.75, 3.05) is 45.9 Å². The molecular weight excluding hydrogens is 264 g/mol. The van der Waals surface area contributed by atoms with Crippen LogP contribution in [-0.2, 0) is 4.74 Å². The highest BCUT2D eigenvalue weighted by Gasteiger charge is 2.23. The molecule has 1 unspecified atom stereocenters. The Hall–Kier alpha value is -1.39. The summed E-state index contributed by atoms with van der Waals surface area (Å²) in [6.45, 7) is 6.71. The summed E-state index contributed by atoms with van der Waals surface area (Å²) in [4.78, 5) is 17.0. The third-order valence-electron chi connectivity index (χ3n) is 4.44. The second kappa shape index (κ2) is 7.05. The van der Waals surface area contributed by atoms with Crippen LogP contribution in [0.1, 0.15) is 23.2 Å². The van der Waals surface area contributed by atoms with E-state index in [-0.39, 0.29) is 5.91 Å². The van der Waals surface area contributed by atoms with Crippen LogP contribution in [-0.4, -0.2) is 61.6 Å². The van der Waals surface area contributed by atoms with Crippen molar-refractivity contribution in [1.29, 1.82) is 0 Å². The van der Waals surface area contributed by atoms with Crippen LogP contribution >= 0.6 is 0 Å². The predicted molar refractivity (Wildman–Crippen MR) is 82.3 cm³/mol. The molecule has 4 nitrogen and oxygen atoms in total. The molecule has 2 heterocycles. The first kappa shape index (κ1) is 14.5. The van der Waals surface area contributed by atoms with Crippen LogP contribution in [0.5, 0.6) is 0 Å². The maximum absolute atomic E-state index is 12.5. The van der Waals surface area contributed by atoms with E-state index in [2.05, 4.69) is 4.90 Å². The Kier molecular flexibility index (Phi) is 4.88. The summed E-state index contributed by atoms with van der Waals surface area (Å²) in [6, 6.07) is 9.61. The van der Waals surface area contributed by atoms with Gasteiger partial charge in [-0.1, -0.05) is 18.2 Å². The number of hydrogen-bond acceptors (Lipinski definition) is 3. The molecule has 2 aliphatic rings. The van der Waals surface area contributed by atoms with Crippen molar-refractivity contribution >= 4 is 5.91 Å². The highest BCUT2D eigenvalue weighted by atomic mass is 16.5. The lowest BCUT2D eigenvalue weighted by atomic mass is 10.1. The highest BCUT2D eigenvalue weighted by Crippen LogP contribution is 2.16. The van der Waals surface area contributed by atoms with E-state index in [1.165, 1.54) is 6.42 Å². The molecule has 0 spiro atoms. The van der Waals surface area contributed by atoms with Crippen molar-refractivity contribution < 1.29 is 9.53 Å². The van der Waals surface area contributed by atoms with Crippen molar-refractivity contribution in [1.82, 2.24) is 9.80 Å². The molecule has 1 aromatic rings. The SMILES string of the molecule is O=C(c1ccccc1)N1CCCN(CC2CCOC2)CC1. The van der Waals surface area contributed by atoms with Crippen LogP contribution in [0.4, 0.5) is 0 Å². The molecule has 4 heteroatoms. The minimum absolute atomic E-state index is 0.168. The van der Waals surface area contributed by atoms with Gasteiger partial charge in [0.15, 0.2) is 0 Å². The number of rotatable bonds is 3. The van der Waals surface area contributed by atoms with Gasteiger partial charge in [-0.3, -0.25) is 4.79 Å². The zero-order valence-corrected chi connectivity index (χ0v) is 12.5. The van der Waals surface area contributed by atoms with Gasteiger partial charge in [0.2, 0.25) is 0 Å². The number of benzene rings is 1. The van der Waals surface area contributed by atoms with Crippen LogP contribution < -0.4 is 0 Å². The Bertz CT molecular complexity index is 457. The summed E-state index contributed by atoms with van der Waals surface area (Å²) < 4.78 is 5.46. The zero-order chi connectivity index (χ0) is 14.5. The van der Waals surface area contributed by atoms with Crippen molar-refractivity contribution in [2.24, 2.45) is 5.92 Å². The van der Waals surface area contributed by atoms with Gasteiger partial charge in [-0.05, 0) is 37.4 Å². The van der Waals surface area contributed by atoms with Gasteiger partial charge in [-0.2, -0.15) is 0 Å². The Balaban J connectivity index is 1.54. The van der Waals surface area contributed by atoms with E-state index in [0.717, 1.165) is 57.9 Å². The molecule has 0 radical (unpaired) electrons. The average Bonchev–Trinajstić information content (AvgIpc) is 2.92. The molecule has 0 aromatic heterocycles. The Morgan fingerprint density at radius 3 is 2.76 bits per heavy atom. The standard InChI is InChI=1S/C17H24N2O2/c20-17(16-5-2-1-3-6-16)19-9-4-8-18(10-11-19)13-15-7-12-21-14-15/h1-3,5-6,15H,4,7-14H2. The van der Waals surface area contributed by atoms with E-state index in [1.807, 2.05) is 35.2 Å². The number of hydrogen-bond donors (Lipinski definition) is 0. The lowest BCUT2D eigenvalue weighted by molar-refractivity contribution is 0.0760. The van der Waals surface area contributed by atoms with Crippen LogP contribution in [0, 0.1) is 5.92 Å². The third-order valence-corrected chi connectivity index (χ3v) is 4.44. The van der Waals surface area contributed by atoms with E-state index in [0.29, 0.717) is 5.92 Å². The molecule has 3 rings (SSSR count). The van der Waals surface area contributed by atoms with Gasteiger partial charge >= 0.3 is 0 Å². The monoisotopic (exact) mass is 288 g/mol. The Morgan fingerprint density at radius 1 is 1.14 bits per heavy atom. The van der Waals surface area contributed by atoms with Crippen molar-refractivity contribution in [3.63, 3.8) is 0 Å². The van der Waals surface area contributed by atoms with Gasteiger partial charge < -0.3 is 14.5 Å². The average molecular weight is 288 g/mol. The van der Waals surface area contributed by atoms with Crippen LogP contribution in [0.15, 0.2) is 30.3 Å². The first-order valence-corrected chi connectivity index (χ1v) is 7.97. The maximum Gasteiger partial charge on any atom is 0.253 e. The lowest BCUT2D eigenvalue weighted by Crippen LogP contribution is -2.36. The summed E-state index contributed by atoms with van der Waals surface area (Å²) in [7, 11) is 0. The first-order chi connectivity index (χ1) is 10.3. The molecule has 2 aliphatic heterocycles. The number of amides is 1. The fraction of sp³-hybridized carbons (Fsp3) is 0.588. The largest absolute Gasteiger partial charge is 0.381 e. The van der Waals surface area contributed by atoms with E-state index in [9.17, 15) is 4.79 Å². The zero-order valence-electron chi connectivity index (χ0n) is 12.5. The van der Waals surface area contributed by atoms with Gasteiger partial charge in [-0.15, -0.1) is 0 Å². The summed E-state index contributed by atoms with van der Waals surface area (Å²) >= 11 is 0. The molecule has 1 aromatic carbocycles. The van der Waals surface area contributed by atoms with Gasteiger partial charge in [0.05, 0.1) is 6.61 Å². The molecular formula is C17H24N2O2. The second-order valence-electron chi connectivity index (χ2n) is 6.04. The van der Waals surface area contributed by atoms with E-state index in [4.69, 9.17) is 4.74 Å². The number of ether oxygens (including phenoxy) is 1. The highest BCUT2D eigenvalue weighted by molar-refractivity contribution is 5.94. The molecule has 2 saturated heterocycles. The molecule has 114 valence electrons. The quantitative estimate of drug-likeness (QED) is 0.851. The van der Waals surface area contributed by atoms with Crippen molar-refractivity contribution in [3.8, 4) is 0 Å². The number of carbonyl (C=O) groups is 1. The van der Waals surface area contributed by atoms with Crippen LogP contribution in [0.25, 0.3) is 0 Å². The summed E-state index contributed by atoms with van der Waals surface area (Å²) in [5, 5.41) is 0. The molecule has 0 bridgehead atoms. The Morgan fingerprint density at radius 2 is 2.00 bits per heavy atom. The Labute approximate surface area is 126 Å². The van der Waals surface area contributed by atoms with E-state index < -0.39 is 0 Å². The van der Waals surface area contributed by atoms with E-state index in [1.54, 1.807) is 0 Å². The maximum atomic E-state index is 12.5. The summed E-state index contributed by atoms with van der Waals surface area (Å²) in [6.07, 6.45) is 2.25. The summed E-state index contributed by atoms with van der Waals surface area (Å²) in [5.41, 5.74) is 0.801. The predicted octanol–water partition coefficient (Wildman–Crippen LogP) is 1.87. The fourth-order valence-electron chi connectivity index (χ4n) is 3.21. The number of nitrogens with zero attached hydrogens (tertiary/aromatic N) is 2. The molecule has 1 atom stereocenters. The van der Waals surface area contributed by atoms with Crippen LogP contribution in [0.2, 0.25) is 0 Å². The van der Waals surface area contributed by atoms with E-state index >= 15 is 0 Å². The first-order valence-electron chi connectivity index (χ1n) is 7.97. The minimum Gasteiger partial charge on any atom is -0.381 e. The molecule has 21 heavy (non-hydrogen) atoms. The van der Waals surface area contributed by atoms with Gasteiger partial charge in [0, 0.05) is 38.3 Å². The summed E-state index contributed by atoms with van der Waals surface area (Å²) in [5.74, 6) is 0.850. The molecule has 0 saturated carbocycles. The normalized spacial score (nSPS) is 24.0. The van der Waals surface area contributed by atoms with Crippen molar-refractivity contribution in [2.45, 2.75) is 12.8 Å². The smallest absolute Gasteiger partial charge is 0.253 e. The molecule has 0 aliphatic carbocycles. The second-order valence-corrected chi connectivity index (χ2v) is 6.04. The van der Waals surface area contributed by atoms with Gasteiger partial charge in [0.1, 0.15) is 0 Å². The van der Waals surface area contributed by atoms with Gasteiger partial charge in [-0.25, -0.2) is 0 Å². The molecule has 0 N–H and O–H groups in total. The fourth-order valence-corrected chi connectivity index (χ4v) is 3.21. The minimum atomic E-state index is 0.168. The van der Waals surface area contributed by atoms with Gasteiger partial charge in [0.25, 0.3) is 5.91 Å². The topological polar surface area (TPSA) is 32.8 Å². The lowest BCUT2D eigenvalue weighted by Gasteiger charge is -2.23. The third kappa shape index (κ3) is 3.83. The van der Waals surface area contributed by atoms with Crippen LogP contribution in [0.3, 0.4) is 0 Å². The number of carbonyl (C=O) groups excluding carboxylic acids is 1. The molecule has 2 fully saturated rings.